The number of rotatable bonds is 6. The SMILES string of the molecule is C#CC(I)OC(=O)[C@@H](N)C(C)OCc1ccccc1.O=C(O)C(F)(F)F. The number of hydrogen-bond acceptors (Lipinski definition) is 5. The number of carboxylic acids is 1. The van der Waals surface area contributed by atoms with E-state index in [1.807, 2.05) is 52.9 Å². The van der Waals surface area contributed by atoms with Crippen molar-refractivity contribution in [3.05, 3.63) is 35.9 Å². The van der Waals surface area contributed by atoms with Crippen molar-refractivity contribution in [1.82, 2.24) is 0 Å². The summed E-state index contributed by atoms with van der Waals surface area (Å²) >= 11 is 1.83. The molecular weight excluding hydrogens is 470 g/mol. The Bertz CT molecular complexity index is 619. The van der Waals surface area contributed by atoms with Crippen LogP contribution in [0.2, 0.25) is 0 Å². The molecule has 0 amide bonds. The second kappa shape index (κ2) is 11.7. The Hall–Kier alpha value is -1.84. The van der Waals surface area contributed by atoms with Crippen molar-refractivity contribution < 1.29 is 37.3 Å². The van der Waals surface area contributed by atoms with E-state index in [1.165, 1.54) is 0 Å². The van der Waals surface area contributed by atoms with Crippen LogP contribution in [0.25, 0.3) is 0 Å². The molecular formula is C16H17F3INO5. The number of carboxylic acid groups (broad SMARTS) is 1. The molecule has 0 aliphatic heterocycles. The van der Waals surface area contributed by atoms with Gasteiger partial charge in [0.15, 0.2) is 0 Å². The molecule has 6 nitrogen and oxygen atoms in total. The zero-order chi connectivity index (χ0) is 20.3. The first-order chi connectivity index (χ1) is 12.0. The predicted molar refractivity (Wildman–Crippen MR) is 95.1 cm³/mol. The number of alkyl halides is 4. The molecule has 10 heteroatoms. The number of aliphatic carboxylic acids is 1. The van der Waals surface area contributed by atoms with Gasteiger partial charge in [0, 0.05) is 0 Å². The Labute approximate surface area is 162 Å². The van der Waals surface area contributed by atoms with Crippen LogP contribution in [0.1, 0.15) is 12.5 Å². The third-order valence-electron chi connectivity index (χ3n) is 2.73. The van der Waals surface area contributed by atoms with Crippen LogP contribution in [0.3, 0.4) is 0 Å². The van der Waals surface area contributed by atoms with Crippen molar-refractivity contribution in [3.63, 3.8) is 0 Å². The average Bonchev–Trinajstić information content (AvgIpc) is 2.59. The minimum absolute atomic E-state index is 0.395. The van der Waals surface area contributed by atoms with E-state index in [-0.39, 0.29) is 0 Å². The standard InChI is InChI=1S/C14H16INO3.C2HF3O2/c1-3-12(15)19-14(17)13(16)10(2)18-9-11-7-5-4-6-8-11;3-2(4,5)1(6)7/h1,4-8,10,12-13H,9,16H2,2H3;(H,6,7)/t10?,12?,13-;/m0./s1. The van der Waals surface area contributed by atoms with Crippen LogP contribution in [-0.4, -0.2) is 39.5 Å². The Morgan fingerprint density at radius 2 is 1.85 bits per heavy atom. The van der Waals surface area contributed by atoms with Crippen molar-refractivity contribution in [1.29, 1.82) is 0 Å². The monoisotopic (exact) mass is 487 g/mol. The highest BCUT2D eigenvalue weighted by Crippen LogP contribution is 2.13. The predicted octanol–water partition coefficient (Wildman–Crippen LogP) is 2.49. The van der Waals surface area contributed by atoms with Crippen LogP contribution < -0.4 is 5.73 Å². The molecule has 0 heterocycles. The van der Waals surface area contributed by atoms with Gasteiger partial charge in [-0.05, 0) is 35.1 Å². The zero-order valence-electron chi connectivity index (χ0n) is 13.6. The van der Waals surface area contributed by atoms with Gasteiger partial charge in [-0.15, -0.1) is 6.42 Å². The quantitative estimate of drug-likeness (QED) is 0.277. The maximum atomic E-state index is 11.6. The minimum atomic E-state index is -5.08. The lowest BCUT2D eigenvalue weighted by Crippen LogP contribution is -2.43. The first-order valence-corrected chi connectivity index (χ1v) is 8.25. The number of benzene rings is 1. The van der Waals surface area contributed by atoms with Gasteiger partial charge in [-0.3, -0.25) is 4.79 Å². The summed E-state index contributed by atoms with van der Waals surface area (Å²) in [4.78, 5) is 20.5. The maximum Gasteiger partial charge on any atom is 0.490 e. The summed E-state index contributed by atoms with van der Waals surface area (Å²) in [6.45, 7) is 2.12. The average molecular weight is 487 g/mol. The fraction of sp³-hybridized carbons (Fsp3) is 0.375. The molecule has 2 unspecified atom stereocenters. The van der Waals surface area contributed by atoms with Crippen LogP contribution >= 0.6 is 22.6 Å². The highest BCUT2D eigenvalue weighted by atomic mass is 127. The highest BCUT2D eigenvalue weighted by Gasteiger charge is 2.38. The molecule has 0 saturated heterocycles. The normalized spacial score (nSPS) is 14.0. The molecule has 0 aliphatic carbocycles. The van der Waals surface area contributed by atoms with Gasteiger partial charge < -0.3 is 20.3 Å². The number of terminal acetylenes is 1. The van der Waals surface area contributed by atoms with Gasteiger partial charge in [-0.25, -0.2) is 4.79 Å². The molecule has 0 radical (unpaired) electrons. The van der Waals surface area contributed by atoms with E-state index in [0.29, 0.717) is 6.61 Å². The van der Waals surface area contributed by atoms with E-state index in [1.54, 1.807) is 6.92 Å². The van der Waals surface area contributed by atoms with Crippen molar-refractivity contribution in [2.75, 3.05) is 0 Å². The van der Waals surface area contributed by atoms with E-state index in [4.69, 9.17) is 31.5 Å². The molecule has 0 aromatic heterocycles. The zero-order valence-corrected chi connectivity index (χ0v) is 15.7. The van der Waals surface area contributed by atoms with Gasteiger partial charge in [0.25, 0.3) is 0 Å². The Balaban J connectivity index is 0.000000758. The lowest BCUT2D eigenvalue weighted by atomic mass is 10.2. The van der Waals surface area contributed by atoms with Crippen molar-refractivity contribution >= 4 is 34.5 Å². The molecule has 0 saturated carbocycles. The maximum absolute atomic E-state index is 11.6. The fourth-order valence-electron chi connectivity index (χ4n) is 1.31. The number of ether oxygens (including phenoxy) is 2. The highest BCUT2D eigenvalue weighted by molar-refractivity contribution is 14.1. The summed E-state index contributed by atoms with van der Waals surface area (Å²) in [6, 6.07) is 8.80. The number of esters is 1. The van der Waals surface area contributed by atoms with Gasteiger partial charge in [0.05, 0.1) is 12.7 Å². The molecule has 1 aromatic rings. The molecule has 0 spiro atoms. The lowest BCUT2D eigenvalue weighted by molar-refractivity contribution is -0.192. The van der Waals surface area contributed by atoms with Gasteiger partial charge in [-0.2, -0.15) is 13.2 Å². The molecule has 0 bridgehead atoms. The van der Waals surface area contributed by atoms with E-state index in [0.717, 1.165) is 5.56 Å². The minimum Gasteiger partial charge on any atom is -0.475 e. The van der Waals surface area contributed by atoms with Crippen LogP contribution in [-0.2, 0) is 25.7 Å². The number of nitrogens with two attached hydrogens (primary N) is 1. The summed E-state index contributed by atoms with van der Waals surface area (Å²) in [5.74, 6) is -1.02. The van der Waals surface area contributed by atoms with E-state index >= 15 is 0 Å². The first-order valence-electron chi connectivity index (χ1n) is 7.01. The summed E-state index contributed by atoms with van der Waals surface area (Å²) in [7, 11) is 0. The van der Waals surface area contributed by atoms with Gasteiger partial charge in [-0.1, -0.05) is 36.3 Å². The summed E-state index contributed by atoms with van der Waals surface area (Å²) < 4.78 is 41.6. The van der Waals surface area contributed by atoms with Crippen LogP contribution in [0.5, 0.6) is 0 Å². The molecule has 3 N–H and O–H groups in total. The Morgan fingerprint density at radius 3 is 2.27 bits per heavy atom. The number of carbonyl (C=O) groups is 2. The summed E-state index contributed by atoms with van der Waals surface area (Å²) in [5, 5.41) is 7.12. The fourth-order valence-corrected chi connectivity index (χ4v) is 1.56. The summed E-state index contributed by atoms with van der Waals surface area (Å²) in [6.07, 6.45) is -0.409. The van der Waals surface area contributed by atoms with E-state index in [9.17, 15) is 18.0 Å². The van der Waals surface area contributed by atoms with Gasteiger partial charge in [0.2, 0.25) is 4.11 Å². The molecule has 0 aliphatic rings. The van der Waals surface area contributed by atoms with E-state index in [2.05, 4.69) is 5.92 Å². The third kappa shape index (κ3) is 10.2. The largest absolute Gasteiger partial charge is 0.490 e. The Kier molecular flexibility index (Phi) is 10.9. The van der Waals surface area contributed by atoms with E-state index < -0.39 is 34.4 Å². The number of halogens is 4. The molecule has 0 fully saturated rings. The van der Waals surface area contributed by atoms with Gasteiger partial charge in [0.1, 0.15) is 6.04 Å². The molecule has 1 aromatic carbocycles. The molecule has 26 heavy (non-hydrogen) atoms. The smallest absolute Gasteiger partial charge is 0.475 e. The number of carbonyl (C=O) groups excluding carboxylic acids is 1. The molecule has 1 rings (SSSR count). The third-order valence-corrected chi connectivity index (χ3v) is 3.34. The Morgan fingerprint density at radius 1 is 1.35 bits per heavy atom. The molecule has 144 valence electrons. The lowest BCUT2D eigenvalue weighted by Gasteiger charge is -2.19. The van der Waals surface area contributed by atoms with Crippen LogP contribution in [0.15, 0.2) is 30.3 Å². The second-order valence-corrected chi connectivity index (χ2v) is 5.88. The summed E-state index contributed by atoms with van der Waals surface area (Å²) in [5.41, 5.74) is 6.78. The number of hydrogen-bond donors (Lipinski definition) is 2. The van der Waals surface area contributed by atoms with Crippen molar-refractivity contribution in [2.24, 2.45) is 5.73 Å². The van der Waals surface area contributed by atoms with Crippen molar-refractivity contribution in [3.8, 4) is 12.3 Å². The molecule has 3 atom stereocenters. The topological polar surface area (TPSA) is 98.9 Å². The van der Waals surface area contributed by atoms with Gasteiger partial charge >= 0.3 is 18.1 Å². The van der Waals surface area contributed by atoms with Crippen LogP contribution in [0, 0.1) is 12.3 Å². The first kappa shape index (κ1) is 24.2. The second-order valence-electron chi connectivity index (χ2n) is 4.75. The van der Waals surface area contributed by atoms with Crippen LogP contribution in [0.4, 0.5) is 13.2 Å². The van der Waals surface area contributed by atoms with Crippen molar-refractivity contribution in [2.45, 2.75) is 36.0 Å².